The molecule has 3 heterocycles. The molecular weight excluding hydrogens is 441 g/mol. The van der Waals surface area contributed by atoms with Crippen LogP contribution < -0.4 is 5.32 Å². The summed E-state index contributed by atoms with van der Waals surface area (Å²) < 4.78 is 13.3. The van der Waals surface area contributed by atoms with Crippen LogP contribution in [0.15, 0.2) is 6.20 Å². The number of nitrogens with one attached hydrogen (secondary N) is 1. The molecule has 3 N–H and O–H groups in total. The molecule has 2 aromatic heterocycles. The molecule has 2 aliphatic rings. The summed E-state index contributed by atoms with van der Waals surface area (Å²) in [4.78, 5) is 27.1. The largest absolute Gasteiger partial charge is 0.367 e. The molecule has 0 bridgehead atoms. The normalized spacial score (nSPS) is 22.7. The predicted molar refractivity (Wildman–Crippen MR) is 122 cm³/mol. The molecule has 3 atom stereocenters. The van der Waals surface area contributed by atoms with Crippen LogP contribution in [-0.4, -0.2) is 54.1 Å². The van der Waals surface area contributed by atoms with Crippen molar-refractivity contribution in [3.63, 3.8) is 0 Å². The Balaban J connectivity index is 0.000000858. The van der Waals surface area contributed by atoms with E-state index in [4.69, 9.17) is 21.1 Å². The average Bonchev–Trinajstić information content (AvgIpc) is 3.47. The third-order valence-corrected chi connectivity index (χ3v) is 6.30. The second kappa shape index (κ2) is 11.7. The van der Waals surface area contributed by atoms with E-state index in [2.05, 4.69) is 34.2 Å². The van der Waals surface area contributed by atoms with Gasteiger partial charge in [0.1, 0.15) is 11.7 Å². The van der Waals surface area contributed by atoms with E-state index >= 15 is 0 Å². The number of nitrogens with zero attached hydrogens (tertiary/aromatic N) is 4. The standard InChI is InChI=1S/C17H25ClN5O4P.C3H8/c1-10(28(24)25)26-9-12-6-7-14(27-12)23-16-13(8-19-23)15(21-17(18)22-16)20-11-4-2-3-5-11;1-3-2/h8,10-12,14,24-25H,2-7,9H2,1H3,(H,20,21,22);3H2,1-2H3. The summed E-state index contributed by atoms with van der Waals surface area (Å²) in [5.74, 6) is 0.123. The second-order valence-electron chi connectivity index (χ2n) is 8.04. The third-order valence-electron chi connectivity index (χ3n) is 5.33. The lowest BCUT2D eigenvalue weighted by Crippen LogP contribution is -2.20. The summed E-state index contributed by atoms with van der Waals surface area (Å²) in [5.41, 5.74) is 0.648. The zero-order chi connectivity index (χ0) is 22.4. The maximum absolute atomic E-state index is 9.18. The molecule has 11 heteroatoms. The Morgan fingerprint density at radius 3 is 2.65 bits per heavy atom. The quantitative estimate of drug-likeness (QED) is 0.395. The summed E-state index contributed by atoms with van der Waals surface area (Å²) in [6.07, 6.45) is 8.88. The summed E-state index contributed by atoms with van der Waals surface area (Å²) in [6.45, 7) is 6.19. The SMILES string of the molecule is CC(OCC1CCC(n2ncc3c(NC4CCCC4)nc(Cl)nc32)O1)P(O)O.CCC. The van der Waals surface area contributed by atoms with Gasteiger partial charge < -0.3 is 24.6 Å². The van der Waals surface area contributed by atoms with Gasteiger partial charge in [-0.25, -0.2) is 4.68 Å². The summed E-state index contributed by atoms with van der Waals surface area (Å²) >= 11 is 6.18. The Hall–Kier alpha value is -1.09. The number of anilines is 1. The van der Waals surface area contributed by atoms with Gasteiger partial charge in [-0.3, -0.25) is 0 Å². The van der Waals surface area contributed by atoms with Crippen LogP contribution in [0, 0.1) is 0 Å². The van der Waals surface area contributed by atoms with Crippen molar-refractivity contribution in [2.45, 2.75) is 89.9 Å². The lowest BCUT2D eigenvalue weighted by atomic mass is 10.2. The molecule has 0 spiro atoms. The maximum Gasteiger partial charge on any atom is 0.226 e. The highest BCUT2D eigenvalue weighted by atomic mass is 35.5. The van der Waals surface area contributed by atoms with Crippen molar-refractivity contribution >= 4 is 36.8 Å². The van der Waals surface area contributed by atoms with Gasteiger partial charge in [-0.05, 0) is 44.2 Å². The number of fused-ring (bicyclic) bond motifs is 1. The van der Waals surface area contributed by atoms with E-state index in [0.717, 1.165) is 36.9 Å². The number of aromatic nitrogens is 4. The monoisotopic (exact) mass is 473 g/mol. The van der Waals surface area contributed by atoms with Gasteiger partial charge in [0, 0.05) is 6.04 Å². The molecule has 1 aliphatic heterocycles. The van der Waals surface area contributed by atoms with Gasteiger partial charge in [0.2, 0.25) is 5.28 Å². The van der Waals surface area contributed by atoms with Gasteiger partial charge in [0.25, 0.3) is 0 Å². The number of hydrogen-bond acceptors (Lipinski definition) is 8. The second-order valence-corrected chi connectivity index (χ2v) is 9.75. The van der Waals surface area contributed by atoms with Crippen molar-refractivity contribution in [2.75, 3.05) is 11.9 Å². The van der Waals surface area contributed by atoms with Crippen molar-refractivity contribution in [3.8, 4) is 0 Å². The van der Waals surface area contributed by atoms with Crippen LogP contribution in [0.25, 0.3) is 11.0 Å². The molecule has 0 aromatic carbocycles. The fourth-order valence-electron chi connectivity index (χ4n) is 3.79. The van der Waals surface area contributed by atoms with Crippen LogP contribution in [0.2, 0.25) is 5.28 Å². The number of rotatable bonds is 7. The summed E-state index contributed by atoms with van der Waals surface area (Å²) in [5, 5.41) is 8.98. The van der Waals surface area contributed by atoms with Crippen LogP contribution >= 0.6 is 20.0 Å². The molecule has 0 radical (unpaired) electrons. The third kappa shape index (κ3) is 6.46. The highest BCUT2D eigenvalue weighted by molar-refractivity contribution is 7.45. The molecule has 1 aliphatic carbocycles. The molecule has 1 saturated heterocycles. The first-order chi connectivity index (χ1) is 14.9. The Morgan fingerprint density at radius 1 is 1.26 bits per heavy atom. The molecule has 31 heavy (non-hydrogen) atoms. The Labute approximate surface area is 189 Å². The minimum atomic E-state index is -2.10. The molecule has 4 rings (SSSR count). The van der Waals surface area contributed by atoms with Crippen LogP contribution in [0.4, 0.5) is 5.82 Å². The van der Waals surface area contributed by atoms with Gasteiger partial charge in [-0.1, -0.05) is 33.1 Å². The first-order valence-corrected chi connectivity index (χ1v) is 12.7. The van der Waals surface area contributed by atoms with Gasteiger partial charge in [-0.15, -0.1) is 0 Å². The fourth-order valence-corrected chi connectivity index (χ4v) is 4.17. The summed E-state index contributed by atoms with van der Waals surface area (Å²) in [7, 11) is -2.10. The molecule has 1 saturated carbocycles. The minimum absolute atomic E-state index is 0.130. The van der Waals surface area contributed by atoms with E-state index in [0.29, 0.717) is 18.3 Å². The minimum Gasteiger partial charge on any atom is -0.367 e. The van der Waals surface area contributed by atoms with Crippen LogP contribution in [0.5, 0.6) is 0 Å². The molecule has 9 nitrogen and oxygen atoms in total. The van der Waals surface area contributed by atoms with Crippen molar-refractivity contribution in [1.29, 1.82) is 0 Å². The molecule has 3 unspecified atom stereocenters. The van der Waals surface area contributed by atoms with E-state index in [9.17, 15) is 9.79 Å². The van der Waals surface area contributed by atoms with Gasteiger partial charge in [-0.2, -0.15) is 15.1 Å². The van der Waals surface area contributed by atoms with Crippen LogP contribution in [0.3, 0.4) is 0 Å². The van der Waals surface area contributed by atoms with E-state index in [1.807, 2.05) is 0 Å². The van der Waals surface area contributed by atoms with Crippen LogP contribution in [-0.2, 0) is 9.47 Å². The van der Waals surface area contributed by atoms with Crippen LogP contribution in [0.1, 0.15) is 71.9 Å². The van der Waals surface area contributed by atoms with Crippen molar-refractivity contribution < 1.29 is 19.3 Å². The summed E-state index contributed by atoms with van der Waals surface area (Å²) in [6, 6.07) is 0.410. The highest BCUT2D eigenvalue weighted by Crippen LogP contribution is 2.35. The first kappa shape index (κ1) is 24.6. The number of halogens is 1. The fraction of sp³-hybridized carbons (Fsp3) is 0.750. The van der Waals surface area contributed by atoms with Gasteiger partial charge in [0.15, 0.2) is 20.3 Å². The number of hydrogen-bond donors (Lipinski definition) is 3. The maximum atomic E-state index is 9.18. The topological polar surface area (TPSA) is 115 Å². The Kier molecular flexibility index (Phi) is 9.25. The Morgan fingerprint density at radius 2 is 1.97 bits per heavy atom. The van der Waals surface area contributed by atoms with E-state index in [1.54, 1.807) is 17.8 Å². The van der Waals surface area contributed by atoms with E-state index in [1.165, 1.54) is 19.3 Å². The lowest BCUT2D eigenvalue weighted by Gasteiger charge is -2.18. The Bertz CT molecular complexity index is 833. The molecule has 2 fully saturated rings. The predicted octanol–water partition coefficient (Wildman–Crippen LogP) is 4.59. The van der Waals surface area contributed by atoms with Gasteiger partial charge in [0.05, 0.1) is 24.3 Å². The number of ether oxygens (including phenoxy) is 2. The highest BCUT2D eigenvalue weighted by Gasteiger charge is 2.30. The van der Waals surface area contributed by atoms with E-state index in [-0.39, 0.29) is 17.6 Å². The lowest BCUT2D eigenvalue weighted by molar-refractivity contribution is -0.0489. The molecule has 174 valence electrons. The van der Waals surface area contributed by atoms with Gasteiger partial charge >= 0.3 is 0 Å². The first-order valence-electron chi connectivity index (χ1n) is 11.0. The zero-order valence-electron chi connectivity index (χ0n) is 18.4. The molecule has 0 amide bonds. The zero-order valence-corrected chi connectivity index (χ0v) is 20.0. The average molecular weight is 474 g/mol. The molecular formula is C20H33ClN5O4P. The van der Waals surface area contributed by atoms with E-state index < -0.39 is 14.2 Å². The van der Waals surface area contributed by atoms with Crippen molar-refractivity contribution in [3.05, 3.63) is 11.5 Å². The van der Waals surface area contributed by atoms with Crippen molar-refractivity contribution in [1.82, 2.24) is 19.7 Å². The smallest absolute Gasteiger partial charge is 0.226 e. The van der Waals surface area contributed by atoms with Crippen molar-refractivity contribution in [2.24, 2.45) is 0 Å². The molecule has 2 aromatic rings.